The molecule has 0 fully saturated rings. The van der Waals surface area contributed by atoms with Crippen molar-refractivity contribution in [3.8, 4) is 5.75 Å². The summed E-state index contributed by atoms with van der Waals surface area (Å²) >= 11 is 0. The van der Waals surface area contributed by atoms with Crippen molar-refractivity contribution < 1.29 is 9.53 Å². The molecule has 0 aliphatic carbocycles. The predicted molar refractivity (Wildman–Crippen MR) is 104 cm³/mol. The van der Waals surface area contributed by atoms with Crippen LogP contribution in [0, 0.1) is 0 Å². The molecule has 0 saturated heterocycles. The summed E-state index contributed by atoms with van der Waals surface area (Å²) in [5.41, 5.74) is 2.76. The van der Waals surface area contributed by atoms with E-state index in [0.29, 0.717) is 17.1 Å². The van der Waals surface area contributed by atoms with Crippen LogP contribution in [0.25, 0.3) is 0 Å². The normalized spacial score (nSPS) is 10.2. The fraction of sp³-hybridized carbons (Fsp3) is 0.143. The van der Waals surface area contributed by atoms with Crippen molar-refractivity contribution in [2.75, 3.05) is 24.4 Å². The van der Waals surface area contributed by atoms with Gasteiger partial charge in [-0.3, -0.25) is 4.79 Å². The largest absolute Gasteiger partial charge is 0.497 e. The lowest BCUT2D eigenvalue weighted by molar-refractivity contribution is 0.102. The van der Waals surface area contributed by atoms with Crippen LogP contribution in [0.5, 0.6) is 5.75 Å². The van der Waals surface area contributed by atoms with E-state index >= 15 is 0 Å². The van der Waals surface area contributed by atoms with Crippen LogP contribution >= 0.6 is 0 Å². The number of hydrogen-bond acceptors (Lipinski definition) is 4. The zero-order valence-electron chi connectivity index (χ0n) is 14.8. The van der Waals surface area contributed by atoms with Crippen LogP contribution in [0.15, 0.2) is 72.9 Å². The van der Waals surface area contributed by atoms with Crippen molar-refractivity contribution in [3.05, 3.63) is 84.1 Å². The molecule has 0 saturated carbocycles. The van der Waals surface area contributed by atoms with E-state index in [-0.39, 0.29) is 5.91 Å². The molecule has 1 heterocycles. The Morgan fingerprint density at radius 1 is 1.04 bits per heavy atom. The van der Waals surface area contributed by atoms with Crippen molar-refractivity contribution in [1.82, 2.24) is 4.98 Å². The Morgan fingerprint density at radius 2 is 1.77 bits per heavy atom. The number of benzene rings is 2. The number of rotatable bonds is 6. The first-order chi connectivity index (χ1) is 12.7. The number of nitrogens with zero attached hydrogens (tertiary/aromatic N) is 2. The molecule has 0 spiro atoms. The van der Waals surface area contributed by atoms with E-state index in [1.807, 2.05) is 31.3 Å². The van der Waals surface area contributed by atoms with Gasteiger partial charge in [0.25, 0.3) is 5.91 Å². The summed E-state index contributed by atoms with van der Waals surface area (Å²) in [6.07, 6.45) is 1.76. The van der Waals surface area contributed by atoms with Crippen LogP contribution in [0.3, 0.4) is 0 Å². The second-order valence-corrected chi connectivity index (χ2v) is 5.93. The number of aromatic nitrogens is 1. The fourth-order valence-corrected chi connectivity index (χ4v) is 2.57. The minimum absolute atomic E-state index is 0.203. The number of nitrogens with one attached hydrogen (secondary N) is 1. The maximum atomic E-state index is 12.3. The molecule has 2 aromatic carbocycles. The number of hydrogen-bond donors (Lipinski definition) is 1. The highest BCUT2D eigenvalue weighted by Crippen LogP contribution is 2.17. The average Bonchev–Trinajstić information content (AvgIpc) is 2.69. The summed E-state index contributed by atoms with van der Waals surface area (Å²) in [5.74, 6) is 1.03. The van der Waals surface area contributed by atoms with Gasteiger partial charge < -0.3 is 15.0 Å². The third-order valence-electron chi connectivity index (χ3n) is 4.05. The molecule has 132 valence electrons. The summed E-state index contributed by atoms with van der Waals surface area (Å²) in [7, 11) is 3.61. The maximum absolute atomic E-state index is 12.3. The first-order valence-corrected chi connectivity index (χ1v) is 8.32. The standard InChI is InChI=1S/C21H21N3O2/c1-24(15-16-6-4-3-5-7-16)18-10-13-20(22-14-18)23-21(25)17-8-11-19(26-2)12-9-17/h3-14H,15H2,1-2H3,(H,22,23,25). The summed E-state index contributed by atoms with van der Waals surface area (Å²) in [6.45, 7) is 0.792. The Labute approximate surface area is 153 Å². The van der Waals surface area contributed by atoms with Crippen molar-refractivity contribution in [2.24, 2.45) is 0 Å². The Balaban J connectivity index is 1.62. The van der Waals surface area contributed by atoms with Crippen LogP contribution < -0.4 is 15.0 Å². The lowest BCUT2D eigenvalue weighted by Crippen LogP contribution is -2.17. The third-order valence-corrected chi connectivity index (χ3v) is 4.05. The molecular formula is C21H21N3O2. The van der Waals surface area contributed by atoms with Crippen molar-refractivity contribution in [3.63, 3.8) is 0 Å². The molecule has 0 aliphatic heterocycles. The van der Waals surface area contributed by atoms with Crippen molar-refractivity contribution >= 4 is 17.4 Å². The molecule has 5 heteroatoms. The van der Waals surface area contributed by atoms with Crippen LogP contribution in [-0.2, 0) is 6.54 Å². The molecule has 0 aliphatic rings. The highest BCUT2D eigenvalue weighted by molar-refractivity contribution is 6.03. The van der Waals surface area contributed by atoms with E-state index in [4.69, 9.17) is 4.74 Å². The highest BCUT2D eigenvalue weighted by atomic mass is 16.5. The van der Waals surface area contributed by atoms with Crippen LogP contribution in [0.1, 0.15) is 15.9 Å². The van der Waals surface area contributed by atoms with Crippen LogP contribution in [-0.4, -0.2) is 25.0 Å². The Morgan fingerprint density at radius 3 is 2.38 bits per heavy atom. The summed E-state index contributed by atoms with van der Waals surface area (Å²) in [6, 6.07) is 20.9. The molecular weight excluding hydrogens is 326 g/mol. The van der Waals surface area contributed by atoms with Crippen LogP contribution in [0.2, 0.25) is 0 Å². The van der Waals surface area contributed by atoms with E-state index in [1.165, 1.54) is 5.56 Å². The molecule has 5 nitrogen and oxygen atoms in total. The minimum Gasteiger partial charge on any atom is -0.497 e. The second-order valence-electron chi connectivity index (χ2n) is 5.93. The van der Waals surface area contributed by atoms with Gasteiger partial charge in [0.15, 0.2) is 0 Å². The molecule has 1 amide bonds. The van der Waals surface area contributed by atoms with E-state index in [0.717, 1.165) is 12.2 Å². The summed E-state index contributed by atoms with van der Waals surface area (Å²) in [4.78, 5) is 18.7. The van der Waals surface area contributed by atoms with E-state index < -0.39 is 0 Å². The lowest BCUT2D eigenvalue weighted by Gasteiger charge is -2.19. The molecule has 1 N–H and O–H groups in total. The third kappa shape index (κ3) is 4.39. The SMILES string of the molecule is COc1ccc(C(=O)Nc2ccc(N(C)Cc3ccccc3)cn2)cc1. The van der Waals surface area contributed by atoms with Gasteiger partial charge in [-0.15, -0.1) is 0 Å². The van der Waals surface area contributed by atoms with Crippen molar-refractivity contribution in [1.29, 1.82) is 0 Å². The number of ether oxygens (including phenoxy) is 1. The Hall–Kier alpha value is -3.34. The number of carbonyl (C=O) groups is 1. The molecule has 0 radical (unpaired) electrons. The quantitative estimate of drug-likeness (QED) is 0.733. The van der Waals surface area contributed by atoms with Gasteiger partial charge in [-0.1, -0.05) is 30.3 Å². The highest BCUT2D eigenvalue weighted by Gasteiger charge is 2.08. The molecule has 0 bridgehead atoms. The van der Waals surface area contributed by atoms with Gasteiger partial charge in [-0.25, -0.2) is 4.98 Å². The summed E-state index contributed by atoms with van der Waals surface area (Å²) < 4.78 is 5.10. The molecule has 3 aromatic rings. The Bertz CT molecular complexity index is 847. The monoisotopic (exact) mass is 347 g/mol. The van der Waals surface area contributed by atoms with E-state index in [1.54, 1.807) is 43.6 Å². The van der Waals surface area contributed by atoms with Gasteiger partial charge in [0.2, 0.25) is 0 Å². The number of amides is 1. The molecule has 26 heavy (non-hydrogen) atoms. The molecule has 0 unspecified atom stereocenters. The molecule has 3 rings (SSSR count). The zero-order valence-corrected chi connectivity index (χ0v) is 14.8. The van der Waals surface area contributed by atoms with Crippen LogP contribution in [0.4, 0.5) is 11.5 Å². The van der Waals surface area contributed by atoms with Gasteiger partial charge in [-0.05, 0) is 42.0 Å². The minimum atomic E-state index is -0.203. The molecule has 1 aromatic heterocycles. The van der Waals surface area contributed by atoms with Gasteiger partial charge in [0.05, 0.1) is 19.0 Å². The first-order valence-electron chi connectivity index (χ1n) is 8.32. The summed E-state index contributed by atoms with van der Waals surface area (Å²) in [5, 5.41) is 2.80. The Kier molecular flexibility index (Phi) is 5.49. The lowest BCUT2D eigenvalue weighted by atomic mass is 10.2. The predicted octanol–water partition coefficient (Wildman–Crippen LogP) is 3.98. The topological polar surface area (TPSA) is 54.5 Å². The number of anilines is 2. The fourth-order valence-electron chi connectivity index (χ4n) is 2.57. The smallest absolute Gasteiger partial charge is 0.256 e. The molecule has 0 atom stereocenters. The van der Waals surface area contributed by atoms with E-state index in [2.05, 4.69) is 27.3 Å². The number of carbonyl (C=O) groups excluding carboxylic acids is 1. The second kappa shape index (κ2) is 8.16. The van der Waals surface area contributed by atoms with Gasteiger partial charge in [0, 0.05) is 19.2 Å². The number of methoxy groups -OCH3 is 1. The van der Waals surface area contributed by atoms with Gasteiger partial charge in [0.1, 0.15) is 11.6 Å². The zero-order chi connectivity index (χ0) is 18.4. The first kappa shape index (κ1) is 17.5. The van der Waals surface area contributed by atoms with E-state index in [9.17, 15) is 4.79 Å². The van der Waals surface area contributed by atoms with Gasteiger partial charge >= 0.3 is 0 Å². The van der Waals surface area contributed by atoms with Gasteiger partial charge in [-0.2, -0.15) is 0 Å². The average molecular weight is 347 g/mol. The number of pyridine rings is 1. The maximum Gasteiger partial charge on any atom is 0.256 e. The van der Waals surface area contributed by atoms with Crippen molar-refractivity contribution in [2.45, 2.75) is 6.54 Å².